The van der Waals surface area contributed by atoms with Gasteiger partial charge < -0.3 is 4.74 Å². The van der Waals surface area contributed by atoms with Gasteiger partial charge in [-0.15, -0.1) is 0 Å². The van der Waals surface area contributed by atoms with Gasteiger partial charge >= 0.3 is 0 Å². The summed E-state index contributed by atoms with van der Waals surface area (Å²) >= 11 is 0. The molecule has 0 saturated heterocycles. The number of methoxy groups -OCH3 is 1. The molecule has 0 amide bonds. The predicted molar refractivity (Wildman–Crippen MR) is 113 cm³/mol. The topological polar surface area (TPSA) is 9.23 Å². The van der Waals surface area contributed by atoms with Gasteiger partial charge in [-0.3, -0.25) is 0 Å². The molecule has 0 unspecified atom stereocenters. The fraction of sp³-hybridized carbons (Fsp3) is 0.440. The van der Waals surface area contributed by atoms with Crippen molar-refractivity contribution in [3.63, 3.8) is 0 Å². The highest BCUT2D eigenvalue weighted by Gasteiger charge is 2.36. The van der Waals surface area contributed by atoms with Gasteiger partial charge in [-0.1, -0.05) is 71.0 Å². The van der Waals surface area contributed by atoms with E-state index in [2.05, 4.69) is 71.0 Å². The van der Waals surface area contributed by atoms with E-state index in [0.29, 0.717) is 0 Å². The third-order valence-corrected chi connectivity index (χ3v) is 6.06. The Balaban J connectivity index is 2.03. The van der Waals surface area contributed by atoms with E-state index < -0.39 is 0 Å². The van der Waals surface area contributed by atoms with Crippen molar-refractivity contribution in [2.75, 3.05) is 7.11 Å². The van der Waals surface area contributed by atoms with Crippen LogP contribution in [0.5, 0.6) is 5.75 Å². The molecule has 2 aromatic rings. The zero-order valence-electron chi connectivity index (χ0n) is 17.1. The Hall–Kier alpha value is -2.02. The van der Waals surface area contributed by atoms with Crippen LogP contribution in [0.2, 0.25) is 0 Å². The molecule has 0 heterocycles. The Morgan fingerprint density at radius 1 is 0.923 bits per heavy atom. The third-order valence-electron chi connectivity index (χ3n) is 6.06. The zero-order chi connectivity index (χ0) is 18.9. The summed E-state index contributed by atoms with van der Waals surface area (Å²) in [5, 5.41) is 0. The molecule has 1 aliphatic rings. The van der Waals surface area contributed by atoms with Gasteiger partial charge in [0, 0.05) is 0 Å². The van der Waals surface area contributed by atoms with Gasteiger partial charge in [0.15, 0.2) is 0 Å². The zero-order valence-corrected chi connectivity index (χ0v) is 17.1. The normalized spacial score (nSPS) is 18.3. The van der Waals surface area contributed by atoms with Gasteiger partial charge in [0.05, 0.1) is 7.11 Å². The van der Waals surface area contributed by atoms with Crippen LogP contribution in [0.25, 0.3) is 11.6 Å². The molecule has 3 rings (SSSR count). The fourth-order valence-electron chi connectivity index (χ4n) is 4.08. The molecule has 0 N–H and O–H groups in total. The molecule has 1 aliphatic carbocycles. The highest BCUT2D eigenvalue weighted by atomic mass is 16.5. The van der Waals surface area contributed by atoms with Crippen LogP contribution in [0.15, 0.2) is 42.5 Å². The van der Waals surface area contributed by atoms with Crippen LogP contribution in [0.3, 0.4) is 0 Å². The predicted octanol–water partition coefficient (Wildman–Crippen LogP) is 6.99. The van der Waals surface area contributed by atoms with Gasteiger partial charge in [0.25, 0.3) is 0 Å². The standard InChI is InChI=1S/C25H32O/c1-7-19(16-18-8-11-21(26-6)12-9-18)20-10-13-22-23(17-20)25(4,5)15-14-24(22,2)3/h8-13,16-17H,7,14-15H2,1-6H3. The lowest BCUT2D eigenvalue weighted by molar-refractivity contribution is 0.332. The summed E-state index contributed by atoms with van der Waals surface area (Å²) < 4.78 is 5.27. The second-order valence-electron chi connectivity index (χ2n) is 8.82. The van der Waals surface area contributed by atoms with E-state index in [-0.39, 0.29) is 10.8 Å². The largest absolute Gasteiger partial charge is 0.497 e. The Bertz CT molecular complexity index is 807. The van der Waals surface area contributed by atoms with Crippen LogP contribution in [-0.4, -0.2) is 7.11 Å². The number of rotatable bonds is 4. The fourth-order valence-corrected chi connectivity index (χ4v) is 4.08. The summed E-state index contributed by atoms with van der Waals surface area (Å²) in [7, 11) is 1.71. The summed E-state index contributed by atoms with van der Waals surface area (Å²) in [6, 6.07) is 15.5. The molecule has 0 fully saturated rings. The van der Waals surface area contributed by atoms with Crippen LogP contribution in [0.4, 0.5) is 0 Å². The lowest BCUT2D eigenvalue weighted by atomic mass is 9.63. The first-order valence-corrected chi connectivity index (χ1v) is 9.77. The molecule has 0 bridgehead atoms. The monoisotopic (exact) mass is 348 g/mol. The number of allylic oxidation sites excluding steroid dienone is 1. The van der Waals surface area contributed by atoms with Crippen LogP contribution in [-0.2, 0) is 10.8 Å². The van der Waals surface area contributed by atoms with Gasteiger partial charge in [0.1, 0.15) is 5.75 Å². The Kier molecular flexibility index (Phi) is 5.01. The van der Waals surface area contributed by atoms with E-state index in [1.807, 2.05) is 12.1 Å². The molecule has 0 radical (unpaired) electrons. The summed E-state index contributed by atoms with van der Waals surface area (Å²) in [4.78, 5) is 0. The molecular formula is C25H32O. The molecule has 0 aromatic heterocycles. The molecule has 0 spiro atoms. The van der Waals surface area contributed by atoms with Crippen molar-refractivity contribution in [1.82, 2.24) is 0 Å². The van der Waals surface area contributed by atoms with Crippen LogP contribution >= 0.6 is 0 Å². The number of fused-ring (bicyclic) bond motifs is 1. The summed E-state index contributed by atoms with van der Waals surface area (Å²) in [6.07, 6.45) is 5.84. The molecule has 0 saturated carbocycles. The second-order valence-corrected chi connectivity index (χ2v) is 8.82. The summed E-state index contributed by atoms with van der Waals surface area (Å²) in [5.41, 5.74) is 7.54. The number of ether oxygens (including phenoxy) is 1. The van der Waals surface area contributed by atoms with Crippen LogP contribution in [0.1, 0.15) is 76.1 Å². The lowest BCUT2D eigenvalue weighted by Crippen LogP contribution is -2.33. The maximum atomic E-state index is 5.27. The summed E-state index contributed by atoms with van der Waals surface area (Å²) in [6.45, 7) is 11.8. The number of benzene rings is 2. The van der Waals surface area contributed by atoms with Crippen molar-refractivity contribution in [3.05, 3.63) is 64.7 Å². The average Bonchev–Trinajstić information content (AvgIpc) is 2.64. The molecule has 138 valence electrons. The van der Waals surface area contributed by atoms with Gasteiger partial charge in [-0.05, 0) is 70.1 Å². The van der Waals surface area contributed by atoms with E-state index in [9.17, 15) is 0 Å². The molecule has 1 heteroatoms. The van der Waals surface area contributed by atoms with Gasteiger partial charge in [-0.25, -0.2) is 0 Å². The highest BCUT2D eigenvalue weighted by Crippen LogP contribution is 2.46. The van der Waals surface area contributed by atoms with E-state index in [1.165, 1.54) is 40.7 Å². The minimum Gasteiger partial charge on any atom is -0.497 e. The van der Waals surface area contributed by atoms with Crippen molar-refractivity contribution in [2.45, 2.75) is 64.7 Å². The first-order chi connectivity index (χ1) is 12.3. The van der Waals surface area contributed by atoms with Gasteiger partial charge in [-0.2, -0.15) is 0 Å². The molecule has 0 aliphatic heterocycles. The average molecular weight is 349 g/mol. The maximum Gasteiger partial charge on any atom is 0.118 e. The Morgan fingerprint density at radius 3 is 2.12 bits per heavy atom. The third kappa shape index (κ3) is 3.58. The molecule has 2 aromatic carbocycles. The quantitative estimate of drug-likeness (QED) is 0.541. The van der Waals surface area contributed by atoms with Crippen molar-refractivity contribution in [3.8, 4) is 5.75 Å². The molecule has 1 nitrogen and oxygen atoms in total. The van der Waals surface area contributed by atoms with E-state index in [4.69, 9.17) is 4.74 Å². The number of hydrogen-bond acceptors (Lipinski definition) is 1. The summed E-state index contributed by atoms with van der Waals surface area (Å²) in [5.74, 6) is 0.901. The maximum absolute atomic E-state index is 5.27. The van der Waals surface area contributed by atoms with Crippen LogP contribution < -0.4 is 4.74 Å². The van der Waals surface area contributed by atoms with E-state index in [0.717, 1.165) is 12.2 Å². The van der Waals surface area contributed by atoms with E-state index in [1.54, 1.807) is 7.11 Å². The van der Waals surface area contributed by atoms with Crippen molar-refractivity contribution in [2.24, 2.45) is 0 Å². The first kappa shape index (κ1) is 18.8. The molecule has 26 heavy (non-hydrogen) atoms. The SMILES string of the molecule is CCC(=Cc1ccc(OC)cc1)c1ccc2c(c1)C(C)(C)CCC2(C)C. The lowest BCUT2D eigenvalue weighted by Gasteiger charge is -2.42. The first-order valence-electron chi connectivity index (χ1n) is 9.77. The Morgan fingerprint density at radius 2 is 1.54 bits per heavy atom. The smallest absolute Gasteiger partial charge is 0.118 e. The minimum absolute atomic E-state index is 0.250. The van der Waals surface area contributed by atoms with Crippen molar-refractivity contribution < 1.29 is 4.74 Å². The van der Waals surface area contributed by atoms with Gasteiger partial charge in [0.2, 0.25) is 0 Å². The van der Waals surface area contributed by atoms with Crippen LogP contribution in [0, 0.1) is 0 Å². The van der Waals surface area contributed by atoms with Crippen molar-refractivity contribution in [1.29, 1.82) is 0 Å². The second kappa shape index (κ2) is 6.95. The van der Waals surface area contributed by atoms with Crippen molar-refractivity contribution >= 4 is 11.6 Å². The van der Waals surface area contributed by atoms with E-state index >= 15 is 0 Å². The molecular weight excluding hydrogens is 316 g/mol. The number of hydrogen-bond donors (Lipinski definition) is 0. The highest BCUT2D eigenvalue weighted by molar-refractivity contribution is 5.82. The molecule has 0 atom stereocenters. The Labute approximate surface area is 159 Å². The minimum atomic E-state index is 0.250.